The molecular weight excluding hydrogens is 474 g/mol. The summed E-state index contributed by atoms with van der Waals surface area (Å²) in [6.07, 6.45) is 6.49. The maximum atomic E-state index is 13.1. The molecule has 166 valence electrons. The van der Waals surface area contributed by atoms with Crippen LogP contribution < -0.4 is 10.9 Å². The molecule has 2 aromatic heterocycles. The van der Waals surface area contributed by atoms with Crippen molar-refractivity contribution in [1.29, 1.82) is 0 Å². The number of carbonyl (C=O) groups excluding carboxylic acids is 2. The second-order valence-corrected chi connectivity index (χ2v) is 9.45. The number of hydrogen-bond acceptors (Lipinski definition) is 5. The molecule has 3 aromatic rings. The number of pyridine rings is 1. The lowest BCUT2D eigenvalue weighted by Crippen LogP contribution is -2.62. The van der Waals surface area contributed by atoms with Crippen LogP contribution >= 0.6 is 15.9 Å². The van der Waals surface area contributed by atoms with E-state index in [0.717, 1.165) is 17.5 Å². The summed E-state index contributed by atoms with van der Waals surface area (Å²) < 4.78 is 6.91. The number of carbonyl (C=O) groups is 2. The normalized spacial score (nSPS) is 24.7. The van der Waals surface area contributed by atoms with E-state index in [2.05, 4.69) is 60.0 Å². The SMILES string of the molecule is CO[C@]12C[C@@H](C(=O)NNC(=O)c3cncc(Br)c3)CN(C)[C@@H]1Cc1c[nH]c3cccc2c13. The van der Waals surface area contributed by atoms with Gasteiger partial charge in [0.15, 0.2) is 0 Å². The number of nitrogens with one attached hydrogen (secondary N) is 3. The second kappa shape index (κ2) is 7.99. The topological polar surface area (TPSA) is 99.3 Å². The van der Waals surface area contributed by atoms with Crippen LogP contribution in [0.3, 0.4) is 0 Å². The lowest BCUT2D eigenvalue weighted by atomic mass is 9.68. The highest BCUT2D eigenvalue weighted by Crippen LogP contribution is 2.49. The minimum absolute atomic E-state index is 0.118. The number of ether oxygens (including phenoxy) is 1. The number of fused-ring (bicyclic) bond motifs is 2. The molecule has 2 aliphatic rings. The van der Waals surface area contributed by atoms with Crippen molar-refractivity contribution < 1.29 is 14.3 Å². The molecule has 3 heterocycles. The first-order valence-corrected chi connectivity index (χ1v) is 11.3. The van der Waals surface area contributed by atoms with Crippen LogP contribution in [0.4, 0.5) is 0 Å². The Morgan fingerprint density at radius 2 is 2.16 bits per heavy atom. The largest absolute Gasteiger partial charge is 0.372 e. The molecule has 5 rings (SSSR count). The number of H-pyrrole nitrogens is 1. The molecule has 1 saturated heterocycles. The summed E-state index contributed by atoms with van der Waals surface area (Å²) in [4.78, 5) is 35.0. The standard InChI is InChI=1S/C23H24BrN5O3/c1-29-12-15(22(31)28-27-21(30)14-6-16(24)11-25-9-14)8-23(32-2)17-4-3-5-18-20(17)13(10-26-18)7-19(23)29/h3-6,9-11,15,19,26H,7-8,12H2,1-2H3,(H,27,30)(H,28,31)/t15-,19-,23+/m1/s1. The first-order valence-electron chi connectivity index (χ1n) is 10.5. The molecule has 0 spiro atoms. The van der Waals surface area contributed by atoms with Gasteiger partial charge >= 0.3 is 0 Å². The molecule has 0 radical (unpaired) electrons. The van der Waals surface area contributed by atoms with Gasteiger partial charge < -0.3 is 9.72 Å². The van der Waals surface area contributed by atoms with E-state index in [1.165, 1.54) is 17.1 Å². The summed E-state index contributed by atoms with van der Waals surface area (Å²) >= 11 is 3.30. The van der Waals surface area contributed by atoms with Crippen molar-refractivity contribution >= 4 is 38.6 Å². The van der Waals surface area contributed by atoms with Crippen LogP contribution in [0.5, 0.6) is 0 Å². The van der Waals surface area contributed by atoms with Crippen molar-refractivity contribution in [3.05, 3.63) is 64.0 Å². The number of methoxy groups -OCH3 is 1. The highest BCUT2D eigenvalue weighted by atomic mass is 79.9. The summed E-state index contributed by atoms with van der Waals surface area (Å²) in [6, 6.07) is 7.95. The van der Waals surface area contributed by atoms with Gasteiger partial charge in [0.25, 0.3) is 5.91 Å². The quantitative estimate of drug-likeness (QED) is 0.482. The highest BCUT2D eigenvalue weighted by molar-refractivity contribution is 9.10. The molecule has 32 heavy (non-hydrogen) atoms. The summed E-state index contributed by atoms with van der Waals surface area (Å²) in [6.45, 7) is 0.575. The third-order valence-electron chi connectivity index (χ3n) is 6.79. The van der Waals surface area contributed by atoms with Crippen molar-refractivity contribution in [3.63, 3.8) is 0 Å². The van der Waals surface area contributed by atoms with Crippen LogP contribution in [0.25, 0.3) is 10.9 Å². The van der Waals surface area contributed by atoms with Crippen molar-refractivity contribution in [2.45, 2.75) is 24.5 Å². The summed E-state index contributed by atoms with van der Waals surface area (Å²) in [5.41, 5.74) is 8.32. The van der Waals surface area contributed by atoms with Gasteiger partial charge in [-0.3, -0.25) is 30.3 Å². The van der Waals surface area contributed by atoms with Crippen molar-refractivity contribution in [2.75, 3.05) is 20.7 Å². The third kappa shape index (κ3) is 3.32. The highest BCUT2D eigenvalue weighted by Gasteiger charge is 2.52. The maximum Gasteiger partial charge on any atom is 0.271 e. The molecule has 0 bridgehead atoms. The first-order chi connectivity index (χ1) is 15.4. The number of hydrogen-bond donors (Lipinski definition) is 3. The number of piperidine rings is 1. The van der Waals surface area contributed by atoms with E-state index in [1.807, 2.05) is 13.1 Å². The van der Waals surface area contributed by atoms with E-state index in [1.54, 1.807) is 19.4 Å². The van der Waals surface area contributed by atoms with Crippen LogP contribution in [-0.4, -0.2) is 53.4 Å². The Labute approximate surface area is 193 Å². The van der Waals surface area contributed by atoms with Gasteiger partial charge in [0.05, 0.1) is 11.5 Å². The number of benzene rings is 1. The smallest absolute Gasteiger partial charge is 0.271 e. The van der Waals surface area contributed by atoms with Crippen molar-refractivity contribution in [2.24, 2.45) is 5.92 Å². The monoisotopic (exact) mass is 497 g/mol. The Bertz CT molecular complexity index is 1210. The number of aromatic nitrogens is 2. The lowest BCUT2D eigenvalue weighted by molar-refractivity contribution is -0.148. The van der Waals surface area contributed by atoms with E-state index >= 15 is 0 Å². The zero-order valence-electron chi connectivity index (χ0n) is 17.8. The predicted molar refractivity (Wildman–Crippen MR) is 123 cm³/mol. The number of nitrogens with zero attached hydrogens (tertiary/aromatic N) is 2. The van der Waals surface area contributed by atoms with Crippen LogP contribution in [0.1, 0.15) is 27.9 Å². The van der Waals surface area contributed by atoms with Gasteiger partial charge in [0.2, 0.25) is 5.91 Å². The second-order valence-electron chi connectivity index (χ2n) is 8.53. The fourth-order valence-electron chi connectivity index (χ4n) is 5.32. The number of amides is 2. The Morgan fingerprint density at radius 1 is 1.31 bits per heavy atom. The van der Waals surface area contributed by atoms with E-state index in [-0.39, 0.29) is 17.9 Å². The number of hydrazine groups is 1. The van der Waals surface area contributed by atoms with Gasteiger partial charge in [-0.15, -0.1) is 0 Å². The zero-order chi connectivity index (χ0) is 22.5. The molecular formula is C23H24BrN5O3. The zero-order valence-corrected chi connectivity index (χ0v) is 19.4. The van der Waals surface area contributed by atoms with Gasteiger partial charge in [-0.25, -0.2) is 0 Å². The molecule has 1 aromatic carbocycles. The number of likely N-dealkylation sites (N-methyl/N-ethyl adjacent to an activating group) is 1. The molecule has 2 amide bonds. The number of likely N-dealkylation sites (tertiary alicyclic amines) is 1. The fourth-order valence-corrected chi connectivity index (χ4v) is 5.68. The molecule has 1 aliphatic carbocycles. The Hall–Kier alpha value is -2.75. The Kier molecular flexibility index (Phi) is 5.27. The van der Waals surface area contributed by atoms with Gasteiger partial charge in [-0.2, -0.15) is 0 Å². The van der Waals surface area contributed by atoms with E-state index < -0.39 is 11.5 Å². The molecule has 3 N–H and O–H groups in total. The van der Waals surface area contributed by atoms with E-state index in [0.29, 0.717) is 23.0 Å². The Balaban J connectivity index is 1.39. The van der Waals surface area contributed by atoms with Crippen LogP contribution in [0, 0.1) is 5.92 Å². The number of rotatable bonds is 3. The Morgan fingerprint density at radius 3 is 2.94 bits per heavy atom. The molecule has 9 heteroatoms. The van der Waals surface area contributed by atoms with Gasteiger partial charge in [-0.05, 0) is 59.1 Å². The molecule has 1 aliphatic heterocycles. The van der Waals surface area contributed by atoms with E-state index in [4.69, 9.17) is 4.74 Å². The molecule has 8 nitrogen and oxygen atoms in total. The predicted octanol–water partition coefficient (Wildman–Crippen LogP) is 2.50. The minimum Gasteiger partial charge on any atom is -0.372 e. The maximum absolute atomic E-state index is 13.1. The minimum atomic E-state index is -0.609. The average Bonchev–Trinajstić information content (AvgIpc) is 3.22. The summed E-state index contributed by atoms with van der Waals surface area (Å²) in [5.74, 6) is -1.02. The first kappa shape index (κ1) is 21.1. The lowest BCUT2D eigenvalue weighted by Gasteiger charge is -2.52. The van der Waals surface area contributed by atoms with Crippen LogP contribution in [-0.2, 0) is 21.6 Å². The van der Waals surface area contributed by atoms with Gasteiger partial charge in [-0.1, -0.05) is 12.1 Å². The summed E-state index contributed by atoms with van der Waals surface area (Å²) in [7, 11) is 3.75. The molecule has 1 fully saturated rings. The van der Waals surface area contributed by atoms with Crippen LogP contribution in [0.2, 0.25) is 0 Å². The third-order valence-corrected chi connectivity index (χ3v) is 7.22. The van der Waals surface area contributed by atoms with Crippen LogP contribution in [0.15, 0.2) is 47.3 Å². The van der Waals surface area contributed by atoms with Gasteiger partial charge in [0, 0.05) is 53.7 Å². The average molecular weight is 498 g/mol. The molecule has 0 unspecified atom stereocenters. The van der Waals surface area contributed by atoms with Gasteiger partial charge in [0.1, 0.15) is 5.60 Å². The van der Waals surface area contributed by atoms with E-state index in [9.17, 15) is 9.59 Å². The van der Waals surface area contributed by atoms with Crippen molar-refractivity contribution in [1.82, 2.24) is 25.7 Å². The fraction of sp³-hybridized carbons (Fsp3) is 0.348. The van der Waals surface area contributed by atoms with Crippen molar-refractivity contribution in [3.8, 4) is 0 Å². The molecule has 3 atom stereocenters. The summed E-state index contributed by atoms with van der Waals surface area (Å²) in [5, 5.41) is 1.19. The number of halogens is 1. The molecule has 0 saturated carbocycles. The number of aromatic amines is 1.